The second-order valence-corrected chi connectivity index (χ2v) is 5.24. The Balaban J connectivity index is 1.88. The highest BCUT2D eigenvalue weighted by Gasteiger charge is 2.48. The number of carbonyl (C=O) groups is 3. The maximum absolute atomic E-state index is 12.4. The van der Waals surface area contributed by atoms with Crippen molar-refractivity contribution < 1.29 is 19.3 Å². The molecule has 0 unspecified atom stereocenters. The molecular formula is C14H13N3O5. The van der Waals surface area contributed by atoms with Crippen molar-refractivity contribution in [1.82, 2.24) is 9.80 Å². The Labute approximate surface area is 125 Å². The Morgan fingerprint density at radius 2 is 2.00 bits per heavy atom. The first-order chi connectivity index (χ1) is 10.5. The number of fused-ring (bicyclic) bond motifs is 1. The molecule has 0 N–H and O–H groups in total. The number of likely N-dealkylation sites (tertiary alicyclic amines) is 1. The summed E-state index contributed by atoms with van der Waals surface area (Å²) in [6, 6.07) is 3.60. The molecule has 1 fully saturated rings. The molecule has 3 rings (SSSR count). The molecule has 114 valence electrons. The summed E-state index contributed by atoms with van der Waals surface area (Å²) in [7, 11) is 0. The Morgan fingerprint density at radius 3 is 2.59 bits per heavy atom. The Hall–Kier alpha value is -2.77. The maximum Gasteiger partial charge on any atom is 0.282 e. The molecule has 2 aliphatic heterocycles. The monoisotopic (exact) mass is 303 g/mol. The highest BCUT2D eigenvalue weighted by atomic mass is 16.6. The lowest BCUT2D eigenvalue weighted by Gasteiger charge is -2.42. The summed E-state index contributed by atoms with van der Waals surface area (Å²) in [6.45, 7) is 2.30. The molecule has 0 saturated carbocycles. The van der Waals surface area contributed by atoms with Crippen molar-refractivity contribution in [3.05, 3.63) is 39.4 Å². The minimum absolute atomic E-state index is 0.0427. The molecule has 1 saturated heterocycles. The standard InChI is InChI=1S/C14H13N3O5/c1-2-11(18)15-6-8(7-15)16-13(19)9-4-3-5-10(17(21)22)12(9)14(16)20/h3-5,8H,2,6-7H2,1H3. The van der Waals surface area contributed by atoms with Gasteiger partial charge in [0.25, 0.3) is 17.5 Å². The number of hydrogen-bond donors (Lipinski definition) is 0. The molecule has 8 nitrogen and oxygen atoms in total. The number of imide groups is 1. The Morgan fingerprint density at radius 1 is 1.32 bits per heavy atom. The van der Waals surface area contributed by atoms with Gasteiger partial charge in [-0.1, -0.05) is 13.0 Å². The van der Waals surface area contributed by atoms with Crippen LogP contribution in [0.2, 0.25) is 0 Å². The number of nitro benzene ring substituents is 1. The third kappa shape index (κ3) is 1.87. The van der Waals surface area contributed by atoms with E-state index in [2.05, 4.69) is 0 Å². The van der Waals surface area contributed by atoms with Crippen LogP contribution < -0.4 is 0 Å². The number of carbonyl (C=O) groups excluding carboxylic acids is 3. The fraction of sp³-hybridized carbons (Fsp3) is 0.357. The maximum atomic E-state index is 12.4. The average molecular weight is 303 g/mol. The minimum Gasteiger partial charge on any atom is -0.338 e. The van der Waals surface area contributed by atoms with Crippen LogP contribution in [0.25, 0.3) is 0 Å². The quantitative estimate of drug-likeness (QED) is 0.467. The molecule has 1 aromatic rings. The van der Waals surface area contributed by atoms with E-state index >= 15 is 0 Å². The van der Waals surface area contributed by atoms with E-state index in [-0.39, 0.29) is 35.8 Å². The van der Waals surface area contributed by atoms with E-state index in [4.69, 9.17) is 0 Å². The molecule has 22 heavy (non-hydrogen) atoms. The number of nitro groups is 1. The van der Waals surface area contributed by atoms with Gasteiger partial charge < -0.3 is 4.90 Å². The summed E-state index contributed by atoms with van der Waals surface area (Å²) < 4.78 is 0. The molecule has 2 aliphatic rings. The van der Waals surface area contributed by atoms with E-state index in [1.165, 1.54) is 18.2 Å². The SMILES string of the molecule is CCC(=O)N1CC(N2C(=O)c3cccc([N+](=O)[O-])c3C2=O)C1. The summed E-state index contributed by atoms with van der Waals surface area (Å²) in [6.07, 6.45) is 0.361. The van der Waals surface area contributed by atoms with Gasteiger partial charge >= 0.3 is 0 Å². The third-order valence-corrected chi connectivity index (χ3v) is 4.00. The van der Waals surface area contributed by atoms with Gasteiger partial charge in [-0.05, 0) is 6.07 Å². The van der Waals surface area contributed by atoms with Gasteiger partial charge in [-0.2, -0.15) is 0 Å². The normalized spacial score (nSPS) is 17.5. The zero-order valence-electron chi connectivity index (χ0n) is 11.8. The van der Waals surface area contributed by atoms with Crippen molar-refractivity contribution in [3.8, 4) is 0 Å². The van der Waals surface area contributed by atoms with Gasteiger partial charge in [0, 0.05) is 25.6 Å². The number of amides is 3. The largest absolute Gasteiger partial charge is 0.338 e. The van der Waals surface area contributed by atoms with Crippen LogP contribution in [0.4, 0.5) is 5.69 Å². The molecule has 0 bridgehead atoms. The van der Waals surface area contributed by atoms with Gasteiger partial charge in [0.2, 0.25) is 5.91 Å². The highest BCUT2D eigenvalue weighted by Crippen LogP contribution is 2.33. The Kier molecular flexibility index (Phi) is 3.16. The summed E-state index contributed by atoms with van der Waals surface area (Å²) in [5.74, 6) is -1.22. The van der Waals surface area contributed by atoms with E-state index in [9.17, 15) is 24.5 Å². The van der Waals surface area contributed by atoms with E-state index < -0.39 is 22.8 Å². The van der Waals surface area contributed by atoms with Crippen LogP contribution in [0.1, 0.15) is 34.1 Å². The number of rotatable bonds is 3. The second-order valence-electron chi connectivity index (χ2n) is 5.24. The molecule has 2 heterocycles. The minimum atomic E-state index is -0.665. The molecule has 3 amide bonds. The van der Waals surface area contributed by atoms with Gasteiger partial charge in [0.05, 0.1) is 16.5 Å². The number of benzene rings is 1. The van der Waals surface area contributed by atoms with Gasteiger partial charge in [0.15, 0.2) is 0 Å². The zero-order chi connectivity index (χ0) is 16.0. The smallest absolute Gasteiger partial charge is 0.282 e. The first-order valence-electron chi connectivity index (χ1n) is 6.88. The van der Waals surface area contributed by atoms with Crippen LogP contribution in [0.5, 0.6) is 0 Å². The predicted molar refractivity (Wildman–Crippen MR) is 74.3 cm³/mol. The number of nitrogens with zero attached hydrogens (tertiary/aromatic N) is 3. The van der Waals surface area contributed by atoms with E-state index in [0.29, 0.717) is 6.42 Å². The lowest BCUT2D eigenvalue weighted by molar-refractivity contribution is -0.385. The third-order valence-electron chi connectivity index (χ3n) is 4.00. The van der Waals surface area contributed by atoms with Gasteiger partial charge in [-0.25, -0.2) is 0 Å². The van der Waals surface area contributed by atoms with Crippen molar-refractivity contribution in [1.29, 1.82) is 0 Å². The summed E-state index contributed by atoms with van der Waals surface area (Å²) in [5, 5.41) is 11.0. The van der Waals surface area contributed by atoms with Crippen molar-refractivity contribution in [2.45, 2.75) is 19.4 Å². The molecule has 0 atom stereocenters. The van der Waals surface area contributed by atoms with E-state index in [0.717, 1.165) is 4.90 Å². The lowest BCUT2D eigenvalue weighted by Crippen LogP contribution is -2.62. The van der Waals surface area contributed by atoms with Crippen LogP contribution in [-0.4, -0.2) is 51.6 Å². The topological polar surface area (TPSA) is 101 Å². The summed E-state index contributed by atoms with van der Waals surface area (Å²) in [5.41, 5.74) is -0.462. The molecule has 0 aliphatic carbocycles. The summed E-state index contributed by atoms with van der Waals surface area (Å²) in [4.78, 5) is 49.2. The molecular weight excluding hydrogens is 290 g/mol. The number of hydrogen-bond acceptors (Lipinski definition) is 5. The molecule has 8 heteroatoms. The molecule has 1 aromatic carbocycles. The highest BCUT2D eigenvalue weighted by molar-refractivity contribution is 6.23. The lowest BCUT2D eigenvalue weighted by atomic mass is 10.1. The first-order valence-corrected chi connectivity index (χ1v) is 6.88. The van der Waals surface area contributed by atoms with Crippen LogP contribution in [0.15, 0.2) is 18.2 Å². The zero-order valence-corrected chi connectivity index (χ0v) is 11.8. The molecule has 0 aromatic heterocycles. The van der Waals surface area contributed by atoms with E-state index in [1.807, 2.05) is 0 Å². The molecule has 0 spiro atoms. The van der Waals surface area contributed by atoms with Crippen molar-refractivity contribution in [2.24, 2.45) is 0 Å². The van der Waals surface area contributed by atoms with Gasteiger partial charge in [-0.15, -0.1) is 0 Å². The van der Waals surface area contributed by atoms with Crippen molar-refractivity contribution in [3.63, 3.8) is 0 Å². The van der Waals surface area contributed by atoms with Gasteiger partial charge in [-0.3, -0.25) is 29.4 Å². The van der Waals surface area contributed by atoms with Crippen LogP contribution in [-0.2, 0) is 4.79 Å². The predicted octanol–water partition coefficient (Wildman–Crippen LogP) is 0.812. The van der Waals surface area contributed by atoms with Crippen LogP contribution >= 0.6 is 0 Å². The first kappa shape index (κ1) is 14.2. The summed E-state index contributed by atoms with van der Waals surface area (Å²) >= 11 is 0. The van der Waals surface area contributed by atoms with Crippen molar-refractivity contribution in [2.75, 3.05) is 13.1 Å². The fourth-order valence-electron chi connectivity index (χ4n) is 2.82. The van der Waals surface area contributed by atoms with Crippen molar-refractivity contribution >= 4 is 23.4 Å². The van der Waals surface area contributed by atoms with Gasteiger partial charge in [0.1, 0.15) is 5.56 Å². The average Bonchev–Trinajstić information content (AvgIpc) is 2.70. The second kappa shape index (κ2) is 4.90. The molecule has 0 radical (unpaired) electrons. The Bertz CT molecular complexity index is 708. The van der Waals surface area contributed by atoms with Crippen LogP contribution in [0, 0.1) is 10.1 Å². The van der Waals surface area contributed by atoms with E-state index in [1.54, 1.807) is 11.8 Å². The fourth-order valence-corrected chi connectivity index (χ4v) is 2.82. The van der Waals surface area contributed by atoms with Crippen LogP contribution in [0.3, 0.4) is 0 Å².